The molecule has 0 radical (unpaired) electrons. The van der Waals surface area contributed by atoms with E-state index in [0.717, 1.165) is 27.8 Å². The molecule has 3 rings (SSSR count). The van der Waals surface area contributed by atoms with Crippen LogP contribution in [0.25, 0.3) is 22.3 Å². The number of hydrogen-bond acceptors (Lipinski definition) is 2. The van der Waals surface area contributed by atoms with E-state index in [1.54, 1.807) is 6.20 Å². The summed E-state index contributed by atoms with van der Waals surface area (Å²) in [4.78, 5) is 18.7. The highest BCUT2D eigenvalue weighted by Gasteiger charge is 2.18. The zero-order valence-corrected chi connectivity index (χ0v) is 16.8. The number of benzene rings is 2. The maximum absolute atomic E-state index is 12.4. The van der Waals surface area contributed by atoms with E-state index in [4.69, 9.17) is 11.8 Å². The van der Waals surface area contributed by atoms with Gasteiger partial charge in [0.05, 0.1) is 5.56 Å². The van der Waals surface area contributed by atoms with E-state index in [1.807, 2.05) is 54.6 Å². The second kappa shape index (κ2) is 8.29. The molecule has 3 nitrogen and oxygen atoms in total. The zero-order chi connectivity index (χ0) is 20.1. The lowest BCUT2D eigenvalue weighted by Gasteiger charge is -2.16. The minimum atomic E-state index is -0.401. The molecular formula is C24H21ClN2O. The number of nitrogens with zero attached hydrogens (tertiary/aromatic N) is 1. The molecule has 1 amide bonds. The van der Waals surface area contributed by atoms with Gasteiger partial charge in [-0.3, -0.25) is 14.6 Å². The Bertz CT molecular complexity index is 1060. The van der Waals surface area contributed by atoms with E-state index < -0.39 is 5.91 Å². The van der Waals surface area contributed by atoms with E-state index in [1.165, 1.54) is 6.20 Å². The number of rotatable bonds is 3. The van der Waals surface area contributed by atoms with Crippen LogP contribution < -0.4 is 4.84 Å². The minimum Gasteiger partial charge on any atom is -0.268 e. The first-order valence-corrected chi connectivity index (χ1v) is 9.35. The van der Waals surface area contributed by atoms with Crippen LogP contribution in [0, 0.1) is 17.3 Å². The summed E-state index contributed by atoms with van der Waals surface area (Å²) >= 11 is 5.61. The second-order valence-electron chi connectivity index (χ2n) is 7.44. The molecule has 0 saturated carbocycles. The Morgan fingerprint density at radius 3 is 2.43 bits per heavy atom. The summed E-state index contributed by atoms with van der Waals surface area (Å²) in [7, 11) is 0. The average Bonchev–Trinajstić information content (AvgIpc) is 2.71. The van der Waals surface area contributed by atoms with Crippen LogP contribution in [-0.4, -0.2) is 10.9 Å². The van der Waals surface area contributed by atoms with Crippen molar-refractivity contribution >= 4 is 17.7 Å². The van der Waals surface area contributed by atoms with Crippen LogP contribution >= 0.6 is 11.8 Å². The maximum Gasteiger partial charge on any atom is 0.267 e. The number of pyridine rings is 1. The molecule has 1 heterocycles. The monoisotopic (exact) mass is 388 g/mol. The quantitative estimate of drug-likeness (QED) is 0.462. The van der Waals surface area contributed by atoms with Crippen LogP contribution in [0.4, 0.5) is 0 Å². The Morgan fingerprint density at radius 1 is 1.00 bits per heavy atom. The van der Waals surface area contributed by atoms with E-state index in [-0.39, 0.29) is 5.41 Å². The van der Waals surface area contributed by atoms with Gasteiger partial charge in [-0.25, -0.2) is 0 Å². The molecule has 0 aliphatic heterocycles. The molecule has 28 heavy (non-hydrogen) atoms. The van der Waals surface area contributed by atoms with Gasteiger partial charge in [0.1, 0.15) is 0 Å². The van der Waals surface area contributed by atoms with Gasteiger partial charge in [-0.15, -0.1) is 0 Å². The molecule has 0 spiro atoms. The van der Waals surface area contributed by atoms with E-state index in [9.17, 15) is 4.79 Å². The number of halogens is 1. The highest BCUT2D eigenvalue weighted by molar-refractivity contribution is 6.25. The smallest absolute Gasteiger partial charge is 0.267 e. The fourth-order valence-corrected chi connectivity index (χ4v) is 3.01. The molecule has 1 N–H and O–H groups in total. The molecule has 4 heteroatoms. The van der Waals surface area contributed by atoms with Gasteiger partial charge >= 0.3 is 0 Å². The Balaban J connectivity index is 2.35. The summed E-state index contributed by atoms with van der Waals surface area (Å²) in [5, 5.41) is 0. The lowest BCUT2D eigenvalue weighted by atomic mass is 9.88. The van der Waals surface area contributed by atoms with Crippen LogP contribution in [0.2, 0.25) is 0 Å². The lowest BCUT2D eigenvalue weighted by molar-refractivity contribution is 0.0982. The van der Waals surface area contributed by atoms with Crippen molar-refractivity contribution in [3.8, 4) is 34.1 Å². The summed E-state index contributed by atoms with van der Waals surface area (Å²) in [5.74, 6) is 6.21. The molecule has 140 valence electrons. The van der Waals surface area contributed by atoms with E-state index in [0.29, 0.717) is 5.56 Å². The minimum absolute atomic E-state index is 0.144. The molecule has 0 unspecified atom stereocenters. The number of carbonyl (C=O) groups excluding carboxylic acids is 1. The zero-order valence-electron chi connectivity index (χ0n) is 16.1. The first kappa shape index (κ1) is 19.7. The molecule has 0 fully saturated rings. The van der Waals surface area contributed by atoms with Crippen molar-refractivity contribution in [1.82, 2.24) is 9.82 Å². The highest BCUT2D eigenvalue weighted by Crippen LogP contribution is 2.36. The topological polar surface area (TPSA) is 42.0 Å². The predicted molar refractivity (Wildman–Crippen MR) is 115 cm³/mol. The van der Waals surface area contributed by atoms with Gasteiger partial charge in [0.15, 0.2) is 0 Å². The molecule has 0 bridgehead atoms. The summed E-state index contributed by atoms with van der Waals surface area (Å²) in [5.41, 5.74) is 4.79. The number of carbonyl (C=O) groups is 1. The number of aromatic nitrogens is 1. The van der Waals surface area contributed by atoms with Gasteiger partial charge in [-0.1, -0.05) is 54.3 Å². The van der Waals surface area contributed by atoms with Gasteiger partial charge in [0.25, 0.3) is 5.91 Å². The summed E-state index contributed by atoms with van der Waals surface area (Å²) in [6, 6.07) is 17.9. The number of hydrogen-bond donors (Lipinski definition) is 1. The van der Waals surface area contributed by atoms with Crippen molar-refractivity contribution in [1.29, 1.82) is 0 Å². The molecule has 0 aliphatic rings. The van der Waals surface area contributed by atoms with Crippen molar-refractivity contribution in [2.75, 3.05) is 0 Å². The number of amides is 1. The van der Waals surface area contributed by atoms with Gasteiger partial charge in [0, 0.05) is 40.7 Å². The molecule has 0 atom stereocenters. The van der Waals surface area contributed by atoms with Crippen LogP contribution in [0.15, 0.2) is 67.0 Å². The Hall–Kier alpha value is -3.09. The summed E-state index contributed by atoms with van der Waals surface area (Å²) < 4.78 is 0. The standard InChI is InChI=1S/C24H21ClN2O/c1-24(2,3)14-12-18-10-7-11-19(17-8-5-4-6-9-17)22(18)20-13-15-26-16-21(20)23(28)27-25/h4-11,13,15-16H,1-3H3,(H,27,28). The third-order valence-corrected chi connectivity index (χ3v) is 4.31. The fourth-order valence-electron chi connectivity index (χ4n) is 2.90. The molecule has 0 saturated heterocycles. The first-order chi connectivity index (χ1) is 13.4. The summed E-state index contributed by atoms with van der Waals surface area (Å²) in [6.45, 7) is 6.21. The molecule has 0 aliphatic carbocycles. The molecule has 2 aromatic carbocycles. The Kier molecular flexibility index (Phi) is 5.82. The van der Waals surface area contributed by atoms with Crippen molar-refractivity contribution in [3.05, 3.63) is 78.1 Å². The van der Waals surface area contributed by atoms with Gasteiger partial charge < -0.3 is 0 Å². The SMILES string of the molecule is CC(C)(C)C#Cc1cccc(-c2ccccc2)c1-c1ccncc1C(=O)NCl. The van der Waals surface area contributed by atoms with Crippen molar-refractivity contribution in [2.45, 2.75) is 20.8 Å². The second-order valence-corrected chi connectivity index (χ2v) is 7.63. The van der Waals surface area contributed by atoms with Gasteiger partial charge in [-0.2, -0.15) is 0 Å². The molecular weight excluding hydrogens is 368 g/mol. The van der Waals surface area contributed by atoms with Gasteiger partial charge in [0.2, 0.25) is 0 Å². The summed E-state index contributed by atoms with van der Waals surface area (Å²) in [6.07, 6.45) is 3.19. The highest BCUT2D eigenvalue weighted by atomic mass is 35.5. The third kappa shape index (κ3) is 4.42. The van der Waals surface area contributed by atoms with E-state index in [2.05, 4.69) is 42.4 Å². The maximum atomic E-state index is 12.4. The van der Waals surface area contributed by atoms with E-state index >= 15 is 0 Å². The van der Waals surface area contributed by atoms with Crippen molar-refractivity contribution in [3.63, 3.8) is 0 Å². The van der Waals surface area contributed by atoms with Crippen LogP contribution in [-0.2, 0) is 0 Å². The van der Waals surface area contributed by atoms with Crippen LogP contribution in [0.3, 0.4) is 0 Å². The van der Waals surface area contributed by atoms with Crippen LogP contribution in [0.5, 0.6) is 0 Å². The Labute approximate surface area is 170 Å². The number of nitrogens with one attached hydrogen (secondary N) is 1. The predicted octanol–water partition coefficient (Wildman–Crippen LogP) is 5.70. The van der Waals surface area contributed by atoms with Crippen LogP contribution in [0.1, 0.15) is 36.7 Å². The largest absolute Gasteiger partial charge is 0.268 e. The van der Waals surface area contributed by atoms with Gasteiger partial charge in [-0.05, 0) is 49.6 Å². The van der Waals surface area contributed by atoms with Crippen molar-refractivity contribution in [2.24, 2.45) is 5.41 Å². The lowest BCUT2D eigenvalue weighted by Crippen LogP contribution is -2.14. The van der Waals surface area contributed by atoms with Crippen molar-refractivity contribution < 1.29 is 4.79 Å². The Morgan fingerprint density at radius 2 is 1.75 bits per heavy atom. The average molecular weight is 389 g/mol. The normalized spacial score (nSPS) is 10.7. The molecule has 1 aromatic heterocycles. The fraction of sp³-hybridized carbons (Fsp3) is 0.167. The molecule has 3 aromatic rings. The third-order valence-electron chi connectivity index (χ3n) is 4.14. The first-order valence-electron chi connectivity index (χ1n) is 8.97.